The summed E-state index contributed by atoms with van der Waals surface area (Å²) in [5.74, 6) is 0. The first-order chi connectivity index (χ1) is 7.84. The van der Waals surface area contributed by atoms with Crippen LogP contribution in [0.4, 0.5) is 5.69 Å². The Balaban J connectivity index is 2.09. The SMILES string of the molecule is Nc1cccc(-c2n[nH]c3c2COCC3)c1. The fraction of sp³-hybridized carbons (Fsp3) is 0.250. The average Bonchev–Trinajstić information content (AvgIpc) is 2.72. The second kappa shape index (κ2) is 3.64. The maximum absolute atomic E-state index is 5.77. The van der Waals surface area contributed by atoms with Crippen LogP contribution in [0.5, 0.6) is 0 Å². The van der Waals surface area contributed by atoms with Crippen molar-refractivity contribution in [3.63, 3.8) is 0 Å². The molecule has 4 heteroatoms. The molecule has 2 aromatic rings. The number of nitrogens with two attached hydrogens (primary N) is 1. The number of anilines is 1. The van der Waals surface area contributed by atoms with Crippen molar-refractivity contribution in [2.75, 3.05) is 12.3 Å². The molecule has 3 N–H and O–H groups in total. The van der Waals surface area contributed by atoms with E-state index in [2.05, 4.69) is 10.2 Å². The molecule has 0 fully saturated rings. The lowest BCUT2D eigenvalue weighted by Crippen LogP contribution is -2.08. The molecule has 0 saturated heterocycles. The summed E-state index contributed by atoms with van der Waals surface area (Å²) >= 11 is 0. The van der Waals surface area contributed by atoms with Crippen LogP contribution >= 0.6 is 0 Å². The quantitative estimate of drug-likeness (QED) is 0.712. The summed E-state index contributed by atoms with van der Waals surface area (Å²) in [4.78, 5) is 0. The van der Waals surface area contributed by atoms with E-state index in [1.165, 1.54) is 5.69 Å². The Morgan fingerprint density at radius 1 is 1.38 bits per heavy atom. The second-order valence-electron chi connectivity index (χ2n) is 3.96. The summed E-state index contributed by atoms with van der Waals surface area (Å²) in [7, 11) is 0. The first-order valence-corrected chi connectivity index (χ1v) is 5.34. The first-order valence-electron chi connectivity index (χ1n) is 5.34. The van der Waals surface area contributed by atoms with Crippen molar-refractivity contribution in [3.05, 3.63) is 35.5 Å². The molecule has 0 unspecified atom stereocenters. The number of fused-ring (bicyclic) bond motifs is 1. The van der Waals surface area contributed by atoms with Crippen molar-refractivity contribution in [1.29, 1.82) is 0 Å². The Labute approximate surface area is 93.4 Å². The van der Waals surface area contributed by atoms with E-state index in [9.17, 15) is 0 Å². The Morgan fingerprint density at radius 2 is 2.31 bits per heavy atom. The van der Waals surface area contributed by atoms with Crippen LogP contribution < -0.4 is 5.73 Å². The van der Waals surface area contributed by atoms with Gasteiger partial charge in [0.2, 0.25) is 0 Å². The Kier molecular flexibility index (Phi) is 2.15. The minimum absolute atomic E-state index is 0.635. The molecule has 3 rings (SSSR count). The van der Waals surface area contributed by atoms with Gasteiger partial charge in [0.05, 0.1) is 18.9 Å². The average molecular weight is 215 g/mol. The maximum Gasteiger partial charge on any atom is 0.0979 e. The van der Waals surface area contributed by atoms with Gasteiger partial charge >= 0.3 is 0 Å². The van der Waals surface area contributed by atoms with E-state index in [-0.39, 0.29) is 0 Å². The third-order valence-electron chi connectivity index (χ3n) is 2.86. The van der Waals surface area contributed by atoms with Gasteiger partial charge in [-0.15, -0.1) is 0 Å². The number of benzene rings is 1. The maximum atomic E-state index is 5.77. The van der Waals surface area contributed by atoms with Gasteiger partial charge in [0, 0.05) is 28.9 Å². The standard InChI is InChI=1S/C12H13N3O/c13-9-3-1-2-8(6-9)12-10-7-16-5-4-11(10)14-15-12/h1-3,6H,4-5,7,13H2,(H,14,15). The molecule has 1 aliphatic heterocycles. The van der Waals surface area contributed by atoms with Gasteiger partial charge in [-0.25, -0.2) is 0 Å². The molecule has 2 heterocycles. The van der Waals surface area contributed by atoms with E-state index in [0.717, 1.165) is 35.5 Å². The fourth-order valence-corrected chi connectivity index (χ4v) is 2.04. The molecule has 1 aromatic heterocycles. The molecule has 0 atom stereocenters. The number of H-pyrrole nitrogens is 1. The van der Waals surface area contributed by atoms with Gasteiger partial charge in [-0.3, -0.25) is 5.10 Å². The third-order valence-corrected chi connectivity index (χ3v) is 2.86. The van der Waals surface area contributed by atoms with Gasteiger partial charge in [-0.05, 0) is 12.1 Å². The topological polar surface area (TPSA) is 63.9 Å². The minimum atomic E-state index is 0.635. The van der Waals surface area contributed by atoms with Crippen LogP contribution in [-0.2, 0) is 17.8 Å². The van der Waals surface area contributed by atoms with Crippen LogP contribution in [0.1, 0.15) is 11.3 Å². The summed E-state index contributed by atoms with van der Waals surface area (Å²) in [5, 5.41) is 7.42. The predicted molar refractivity (Wildman–Crippen MR) is 61.8 cm³/mol. The minimum Gasteiger partial charge on any atom is -0.399 e. The van der Waals surface area contributed by atoms with E-state index in [1.54, 1.807) is 0 Å². The van der Waals surface area contributed by atoms with Gasteiger partial charge < -0.3 is 10.5 Å². The monoisotopic (exact) mass is 215 g/mol. The largest absolute Gasteiger partial charge is 0.399 e. The number of aromatic amines is 1. The summed E-state index contributed by atoms with van der Waals surface area (Å²) in [5.41, 5.74) is 10.9. The molecule has 1 aliphatic rings. The number of nitrogens with one attached hydrogen (secondary N) is 1. The lowest BCUT2D eigenvalue weighted by molar-refractivity contribution is 0.110. The molecule has 0 aliphatic carbocycles. The van der Waals surface area contributed by atoms with Crippen molar-refractivity contribution < 1.29 is 4.74 Å². The normalized spacial score (nSPS) is 14.8. The lowest BCUT2D eigenvalue weighted by Gasteiger charge is -2.12. The number of aromatic nitrogens is 2. The molecular formula is C12H13N3O. The molecule has 0 amide bonds. The highest BCUT2D eigenvalue weighted by molar-refractivity contribution is 5.67. The van der Waals surface area contributed by atoms with Gasteiger partial charge in [0.25, 0.3) is 0 Å². The van der Waals surface area contributed by atoms with Gasteiger partial charge in [-0.2, -0.15) is 5.10 Å². The molecule has 0 spiro atoms. The summed E-state index contributed by atoms with van der Waals surface area (Å²) in [6.45, 7) is 1.40. The van der Waals surface area contributed by atoms with Gasteiger partial charge in [0.15, 0.2) is 0 Å². The Hall–Kier alpha value is -1.81. The van der Waals surface area contributed by atoms with E-state index in [1.807, 2.05) is 24.3 Å². The number of ether oxygens (including phenoxy) is 1. The molecule has 16 heavy (non-hydrogen) atoms. The first kappa shape index (κ1) is 9.42. The Morgan fingerprint density at radius 3 is 3.19 bits per heavy atom. The molecule has 4 nitrogen and oxygen atoms in total. The van der Waals surface area contributed by atoms with Gasteiger partial charge in [-0.1, -0.05) is 12.1 Å². The number of nitrogen functional groups attached to an aromatic ring is 1. The van der Waals surface area contributed by atoms with E-state index >= 15 is 0 Å². The van der Waals surface area contributed by atoms with Crippen molar-refractivity contribution in [2.24, 2.45) is 0 Å². The van der Waals surface area contributed by atoms with Crippen molar-refractivity contribution in [1.82, 2.24) is 10.2 Å². The number of rotatable bonds is 1. The van der Waals surface area contributed by atoms with E-state index < -0.39 is 0 Å². The number of hydrogen-bond acceptors (Lipinski definition) is 3. The second-order valence-corrected chi connectivity index (χ2v) is 3.96. The highest BCUT2D eigenvalue weighted by atomic mass is 16.5. The van der Waals surface area contributed by atoms with Gasteiger partial charge in [0.1, 0.15) is 0 Å². The molecule has 0 radical (unpaired) electrons. The molecule has 0 saturated carbocycles. The molecule has 82 valence electrons. The zero-order chi connectivity index (χ0) is 11.0. The van der Waals surface area contributed by atoms with E-state index in [4.69, 9.17) is 10.5 Å². The third kappa shape index (κ3) is 1.47. The number of nitrogens with zero attached hydrogens (tertiary/aromatic N) is 1. The zero-order valence-electron chi connectivity index (χ0n) is 8.86. The highest BCUT2D eigenvalue weighted by Crippen LogP contribution is 2.28. The lowest BCUT2D eigenvalue weighted by atomic mass is 10.0. The van der Waals surface area contributed by atoms with Crippen molar-refractivity contribution >= 4 is 5.69 Å². The molecule has 0 bridgehead atoms. The van der Waals surface area contributed by atoms with Crippen LogP contribution in [0, 0.1) is 0 Å². The van der Waals surface area contributed by atoms with Crippen LogP contribution in [0.25, 0.3) is 11.3 Å². The zero-order valence-corrected chi connectivity index (χ0v) is 8.86. The van der Waals surface area contributed by atoms with Crippen molar-refractivity contribution in [3.8, 4) is 11.3 Å². The number of hydrogen-bond donors (Lipinski definition) is 2. The highest BCUT2D eigenvalue weighted by Gasteiger charge is 2.18. The Bertz CT molecular complexity index is 519. The fourth-order valence-electron chi connectivity index (χ4n) is 2.04. The molecule has 1 aromatic carbocycles. The summed E-state index contributed by atoms with van der Waals surface area (Å²) in [6.07, 6.45) is 0.907. The van der Waals surface area contributed by atoms with Crippen LogP contribution in [0.15, 0.2) is 24.3 Å². The van der Waals surface area contributed by atoms with Crippen LogP contribution in [0.3, 0.4) is 0 Å². The summed E-state index contributed by atoms with van der Waals surface area (Å²) in [6, 6.07) is 7.76. The van der Waals surface area contributed by atoms with Crippen LogP contribution in [-0.4, -0.2) is 16.8 Å². The predicted octanol–water partition coefficient (Wildman–Crippen LogP) is 1.73. The van der Waals surface area contributed by atoms with Crippen molar-refractivity contribution in [2.45, 2.75) is 13.0 Å². The summed E-state index contributed by atoms with van der Waals surface area (Å²) < 4.78 is 5.46. The van der Waals surface area contributed by atoms with Crippen LogP contribution in [0.2, 0.25) is 0 Å². The smallest absolute Gasteiger partial charge is 0.0979 e. The molecular weight excluding hydrogens is 202 g/mol. The van der Waals surface area contributed by atoms with E-state index in [0.29, 0.717) is 6.61 Å².